The molecule has 4 N–H and O–H groups in total. The Kier molecular flexibility index (Phi) is 9.91. The number of carbonyl (C=O) groups excluding carboxylic acids is 2. The number of nitrogens with one attached hydrogen (secondary N) is 1. The van der Waals surface area contributed by atoms with Gasteiger partial charge in [-0.3, -0.25) is 14.6 Å². The van der Waals surface area contributed by atoms with Crippen molar-refractivity contribution in [1.82, 2.24) is 14.5 Å². The topological polar surface area (TPSA) is 204 Å². The number of nitrogens with two attached hydrogens (primary N) is 1. The Labute approximate surface area is 256 Å². The van der Waals surface area contributed by atoms with E-state index in [9.17, 15) is 24.3 Å². The summed E-state index contributed by atoms with van der Waals surface area (Å²) < 4.78 is 23.5. The Morgan fingerprint density at radius 1 is 1.05 bits per heavy atom. The molecule has 2 amide bonds. The number of carboxylic acids is 1. The standard InChI is InChI=1S/C28H26N4O9.H2N.V/c1-31(25(34)7-14(28(36)37)6-24(29)33)4-5-32-26-17-10-22-23(41-13-40-22)11-19(17)30-12-18(26)15-8-20(38-2)21(39-3)9-16(15)27(32)35;;/h7-12H,4-6,13H2,1-3H3,(H3,29,33,36,37);1H2;/q;-1;+2/p-1/b14-7-;;. The Bertz CT molecular complexity index is 1850. The summed E-state index contributed by atoms with van der Waals surface area (Å²) in [5.41, 5.74) is 7.28. The van der Waals surface area contributed by atoms with E-state index >= 15 is 0 Å². The fourth-order valence-corrected chi connectivity index (χ4v) is 4.78. The zero-order chi connectivity index (χ0) is 29.4. The van der Waals surface area contributed by atoms with Gasteiger partial charge in [-0.05, 0) is 18.2 Å². The molecule has 5 rings (SSSR count). The number of amides is 2. The van der Waals surface area contributed by atoms with Crippen molar-refractivity contribution in [2.75, 3.05) is 34.6 Å². The summed E-state index contributed by atoms with van der Waals surface area (Å²) in [6.07, 6.45) is 1.76. The zero-order valence-electron chi connectivity index (χ0n) is 23.4. The van der Waals surface area contributed by atoms with Gasteiger partial charge < -0.3 is 50.2 Å². The molecule has 0 fully saturated rings. The van der Waals surface area contributed by atoms with E-state index in [1.165, 1.54) is 30.7 Å². The van der Waals surface area contributed by atoms with Gasteiger partial charge in [0.05, 0.1) is 36.5 Å². The molecule has 2 aromatic carbocycles. The van der Waals surface area contributed by atoms with Crippen LogP contribution in [0.1, 0.15) is 6.42 Å². The maximum atomic E-state index is 14.0. The molecule has 223 valence electrons. The molecule has 0 aliphatic carbocycles. The molecule has 0 spiro atoms. The molecule has 0 bridgehead atoms. The normalized spacial score (nSPS) is 12.0. The van der Waals surface area contributed by atoms with Crippen molar-refractivity contribution in [2.24, 2.45) is 0 Å². The van der Waals surface area contributed by atoms with E-state index in [0.29, 0.717) is 55.6 Å². The quantitative estimate of drug-likeness (QED) is 0.211. The minimum absolute atomic E-state index is 0. The number of aliphatic carboxylic acids is 1. The van der Waals surface area contributed by atoms with Gasteiger partial charge in [-0.25, -0.2) is 4.79 Å². The van der Waals surface area contributed by atoms with Gasteiger partial charge in [-0.1, -0.05) is 0 Å². The number of carboxylic acid groups (broad SMARTS) is 1. The second-order valence-corrected chi connectivity index (χ2v) is 9.29. The van der Waals surface area contributed by atoms with Crippen molar-refractivity contribution in [2.45, 2.75) is 13.0 Å². The number of fused-ring (bicyclic) bond motifs is 6. The maximum Gasteiger partial charge on any atom is 2.00 e. The van der Waals surface area contributed by atoms with Gasteiger partial charge in [-0.2, -0.15) is 0 Å². The average Bonchev–Trinajstić information content (AvgIpc) is 3.41. The molecule has 2 aromatic heterocycles. The van der Waals surface area contributed by atoms with Gasteiger partial charge in [0.2, 0.25) is 12.7 Å². The monoisotopic (exact) mass is 628 g/mol. The number of likely N-dealkylation sites (N-methyl/N-ethyl adjacent to an activating group) is 1. The first-order chi connectivity index (χ1) is 19.6. The third-order valence-corrected chi connectivity index (χ3v) is 6.85. The van der Waals surface area contributed by atoms with Crippen molar-refractivity contribution in [3.05, 3.63) is 64.3 Å². The van der Waals surface area contributed by atoms with Crippen LogP contribution in [-0.4, -0.2) is 71.9 Å². The molecule has 15 heteroatoms. The van der Waals surface area contributed by atoms with Crippen molar-refractivity contribution in [3.8, 4) is 23.0 Å². The Morgan fingerprint density at radius 2 is 1.67 bits per heavy atom. The van der Waals surface area contributed by atoms with E-state index in [1.54, 1.807) is 30.5 Å². The van der Waals surface area contributed by atoms with E-state index in [-0.39, 0.29) is 50.1 Å². The van der Waals surface area contributed by atoms with Crippen LogP contribution in [0.2, 0.25) is 0 Å². The van der Waals surface area contributed by atoms with E-state index in [2.05, 4.69) is 4.98 Å². The second kappa shape index (κ2) is 13.0. The van der Waals surface area contributed by atoms with Crippen LogP contribution in [0.15, 0.2) is 46.9 Å². The van der Waals surface area contributed by atoms with E-state index in [4.69, 9.17) is 24.7 Å². The van der Waals surface area contributed by atoms with E-state index in [1.807, 2.05) is 0 Å². The first kappa shape index (κ1) is 32.7. The van der Waals surface area contributed by atoms with Gasteiger partial charge in [0, 0.05) is 66.6 Å². The Balaban J connectivity index is 0.00000253. The van der Waals surface area contributed by atoms with E-state index < -0.39 is 29.8 Å². The average molecular weight is 628 g/mol. The minimum atomic E-state index is -1.47. The molecular weight excluding hydrogens is 601 g/mol. The summed E-state index contributed by atoms with van der Waals surface area (Å²) in [6, 6.07) is 6.78. The number of carbonyl (C=O) groups is 3. The number of benzene rings is 2. The number of rotatable bonds is 9. The number of ether oxygens (including phenoxy) is 4. The Morgan fingerprint density at radius 3 is 2.28 bits per heavy atom. The third-order valence-electron chi connectivity index (χ3n) is 6.85. The number of methoxy groups -OCH3 is 2. The molecule has 43 heavy (non-hydrogen) atoms. The number of pyridine rings is 2. The summed E-state index contributed by atoms with van der Waals surface area (Å²) in [5, 5.41) is 11.5. The predicted octanol–water partition coefficient (Wildman–Crippen LogP) is 3.60. The van der Waals surface area contributed by atoms with Gasteiger partial charge in [-0.15, -0.1) is 0 Å². The molecule has 4 aromatic rings. The maximum absolute atomic E-state index is 14.0. The molecule has 1 aliphatic rings. The number of hydrogen-bond acceptors (Lipinski definition) is 9. The molecule has 1 radical (unpaired) electrons. The van der Waals surface area contributed by atoms with Crippen molar-refractivity contribution < 1.29 is 57.0 Å². The Hall–Kier alpha value is -4.79. The van der Waals surface area contributed by atoms with Crippen LogP contribution >= 0.6 is 0 Å². The van der Waals surface area contributed by atoms with Crippen molar-refractivity contribution in [3.63, 3.8) is 0 Å². The van der Waals surface area contributed by atoms with Crippen LogP contribution < -0.4 is 24.5 Å². The zero-order valence-corrected chi connectivity index (χ0v) is 24.8. The fraction of sp³-hybridized carbons (Fsp3) is 0.250. The molecule has 3 heterocycles. The molecule has 0 unspecified atom stereocenters. The number of nitrogens with zero attached hydrogens (tertiary/aromatic N) is 3. The largest absolute Gasteiger partial charge is 2.00 e. The van der Waals surface area contributed by atoms with Crippen LogP contribution in [0.4, 0.5) is 0 Å². The van der Waals surface area contributed by atoms with Crippen LogP contribution in [0.3, 0.4) is 0 Å². The number of hydrogen-bond donors (Lipinski definition) is 1. The van der Waals surface area contributed by atoms with Crippen LogP contribution in [-0.2, 0) is 39.5 Å². The molecule has 0 saturated carbocycles. The molecule has 0 saturated heterocycles. The minimum Gasteiger partial charge on any atom is -0.693 e. The van der Waals surface area contributed by atoms with Crippen molar-refractivity contribution in [1.29, 1.82) is 0 Å². The summed E-state index contributed by atoms with van der Waals surface area (Å²) in [5.74, 6) is -1.46. The summed E-state index contributed by atoms with van der Waals surface area (Å²) >= 11 is 0. The second-order valence-electron chi connectivity index (χ2n) is 9.29. The van der Waals surface area contributed by atoms with E-state index in [0.717, 1.165) is 6.08 Å². The molecular formula is C28H27N5O9V. The predicted molar refractivity (Wildman–Crippen MR) is 153 cm³/mol. The van der Waals surface area contributed by atoms with Gasteiger partial charge in [0.25, 0.3) is 5.56 Å². The van der Waals surface area contributed by atoms with Crippen LogP contribution in [0.25, 0.3) is 44.5 Å². The molecule has 0 atom stereocenters. The molecule has 14 nitrogen and oxygen atoms in total. The van der Waals surface area contributed by atoms with Crippen molar-refractivity contribution >= 4 is 50.4 Å². The number of aromatic nitrogens is 2. The SMILES string of the molecule is COc1cc2c(=O)n(CCN(C)C(=O)/C=C(/CC([NH-])=O)C(=O)O)c3c4cc5c(cc4ncc3c2cc1OC)OCO5.[NH2-].[V+2]. The first-order valence-corrected chi connectivity index (χ1v) is 12.4. The molecule has 1 aliphatic heterocycles. The van der Waals surface area contributed by atoms with Gasteiger partial charge in [0.15, 0.2) is 23.0 Å². The first-order valence-electron chi connectivity index (χ1n) is 12.4. The third kappa shape index (κ3) is 6.07. The fourth-order valence-electron chi connectivity index (χ4n) is 4.78. The van der Waals surface area contributed by atoms with Gasteiger partial charge >= 0.3 is 24.5 Å². The summed E-state index contributed by atoms with van der Waals surface area (Å²) in [7, 11) is 4.41. The van der Waals surface area contributed by atoms with Crippen LogP contribution in [0, 0.1) is 0 Å². The smallest absolute Gasteiger partial charge is 0.693 e. The van der Waals surface area contributed by atoms with Crippen LogP contribution in [0.5, 0.6) is 23.0 Å². The summed E-state index contributed by atoms with van der Waals surface area (Å²) in [6.45, 7) is 0.100. The van der Waals surface area contributed by atoms with Gasteiger partial charge in [0.1, 0.15) is 0 Å². The summed E-state index contributed by atoms with van der Waals surface area (Å²) in [4.78, 5) is 55.1.